The highest BCUT2D eigenvalue weighted by atomic mass is 16.5. The van der Waals surface area contributed by atoms with E-state index >= 15 is 0 Å². The second-order valence-corrected chi connectivity index (χ2v) is 8.93. The van der Waals surface area contributed by atoms with Crippen molar-refractivity contribution < 1.29 is 14.3 Å². The molecule has 4 aromatic rings. The SMILES string of the molecule is CC(C(=O)Nc1ccc(N2CCOCC2)cc1)N(Cc1cccnc1)C(=O)Cn1nnc2ccccc21. The van der Waals surface area contributed by atoms with Crippen LogP contribution in [0.3, 0.4) is 0 Å². The highest BCUT2D eigenvalue weighted by Gasteiger charge is 2.27. The number of pyridine rings is 1. The molecular weight excluding hydrogens is 470 g/mol. The predicted octanol–water partition coefficient (Wildman–Crippen LogP) is 2.72. The fourth-order valence-corrected chi connectivity index (χ4v) is 4.35. The molecule has 0 bridgehead atoms. The van der Waals surface area contributed by atoms with E-state index in [1.807, 2.05) is 60.7 Å². The van der Waals surface area contributed by atoms with Crippen LogP contribution in [0.15, 0.2) is 73.1 Å². The van der Waals surface area contributed by atoms with Gasteiger partial charge in [0, 0.05) is 43.4 Å². The smallest absolute Gasteiger partial charge is 0.246 e. The zero-order chi connectivity index (χ0) is 25.6. The standard InChI is InChI=1S/C27H29N7O3/c1-20(27(36)29-22-8-10-23(11-9-22)32-13-15-37-16-14-32)33(18-21-5-4-12-28-17-21)26(35)19-34-25-7-3-2-6-24(25)30-31-34/h2-12,17,20H,13-16,18-19H2,1H3,(H,29,36). The molecule has 1 fully saturated rings. The van der Waals surface area contributed by atoms with Gasteiger partial charge in [0.15, 0.2) is 0 Å². The summed E-state index contributed by atoms with van der Waals surface area (Å²) in [5, 5.41) is 11.2. The number of fused-ring (bicyclic) bond motifs is 1. The molecule has 0 spiro atoms. The number of hydrogen-bond acceptors (Lipinski definition) is 7. The molecule has 10 nitrogen and oxygen atoms in total. The van der Waals surface area contributed by atoms with Crippen LogP contribution in [0.4, 0.5) is 11.4 Å². The molecule has 190 valence electrons. The predicted molar refractivity (Wildman–Crippen MR) is 140 cm³/mol. The van der Waals surface area contributed by atoms with Crippen LogP contribution < -0.4 is 10.2 Å². The first-order valence-corrected chi connectivity index (χ1v) is 12.3. The molecule has 37 heavy (non-hydrogen) atoms. The summed E-state index contributed by atoms with van der Waals surface area (Å²) in [6.45, 7) is 5.04. The number of nitrogens with zero attached hydrogens (tertiary/aromatic N) is 6. The molecule has 2 amide bonds. The minimum Gasteiger partial charge on any atom is -0.378 e. The van der Waals surface area contributed by atoms with E-state index in [2.05, 4.69) is 25.5 Å². The Balaban J connectivity index is 1.31. The van der Waals surface area contributed by atoms with Gasteiger partial charge in [-0.05, 0) is 55.0 Å². The first kappa shape index (κ1) is 24.4. The van der Waals surface area contributed by atoms with Crippen LogP contribution in [0, 0.1) is 0 Å². The van der Waals surface area contributed by atoms with Gasteiger partial charge in [0.2, 0.25) is 11.8 Å². The van der Waals surface area contributed by atoms with Crippen LogP contribution in [0.5, 0.6) is 0 Å². The van der Waals surface area contributed by atoms with Gasteiger partial charge in [-0.2, -0.15) is 0 Å². The van der Waals surface area contributed by atoms with Crippen LogP contribution in [-0.4, -0.2) is 69.0 Å². The fraction of sp³-hybridized carbons (Fsp3) is 0.296. The second-order valence-electron chi connectivity index (χ2n) is 8.93. The normalized spacial score (nSPS) is 14.4. The quantitative estimate of drug-likeness (QED) is 0.397. The number of para-hydroxylation sites is 1. The lowest BCUT2D eigenvalue weighted by molar-refractivity contribution is -0.139. The van der Waals surface area contributed by atoms with Gasteiger partial charge in [0.25, 0.3) is 0 Å². The van der Waals surface area contributed by atoms with Crippen LogP contribution in [0.25, 0.3) is 11.0 Å². The molecule has 5 rings (SSSR count). The molecule has 0 saturated carbocycles. The Morgan fingerprint density at radius 1 is 1.05 bits per heavy atom. The third kappa shape index (κ3) is 5.75. The topological polar surface area (TPSA) is 105 Å². The van der Waals surface area contributed by atoms with Gasteiger partial charge in [-0.15, -0.1) is 5.10 Å². The molecule has 1 N–H and O–H groups in total. The van der Waals surface area contributed by atoms with Crippen molar-refractivity contribution in [2.24, 2.45) is 0 Å². The maximum atomic E-state index is 13.5. The molecule has 1 saturated heterocycles. The van der Waals surface area contributed by atoms with Crippen LogP contribution >= 0.6 is 0 Å². The summed E-state index contributed by atoms with van der Waals surface area (Å²) in [4.78, 5) is 34.7. The molecule has 2 aromatic heterocycles. The van der Waals surface area contributed by atoms with Crippen LogP contribution in [0.1, 0.15) is 12.5 Å². The van der Waals surface area contributed by atoms with Gasteiger partial charge in [0.1, 0.15) is 18.1 Å². The summed E-state index contributed by atoms with van der Waals surface area (Å²) < 4.78 is 6.98. The maximum Gasteiger partial charge on any atom is 0.246 e. The molecule has 3 heterocycles. The minimum absolute atomic E-state index is 0.0351. The van der Waals surface area contributed by atoms with E-state index < -0.39 is 6.04 Å². The van der Waals surface area contributed by atoms with Gasteiger partial charge in [-0.25, -0.2) is 4.68 Å². The summed E-state index contributed by atoms with van der Waals surface area (Å²) in [5.41, 5.74) is 4.05. The monoisotopic (exact) mass is 499 g/mol. The molecule has 1 aliphatic heterocycles. The highest BCUT2D eigenvalue weighted by molar-refractivity contribution is 5.97. The first-order chi connectivity index (χ1) is 18.1. The summed E-state index contributed by atoms with van der Waals surface area (Å²) in [6.07, 6.45) is 3.37. The summed E-state index contributed by atoms with van der Waals surface area (Å²) in [6, 6.07) is 18.1. The van der Waals surface area contributed by atoms with Crippen molar-refractivity contribution >= 4 is 34.2 Å². The van der Waals surface area contributed by atoms with E-state index in [0.717, 1.165) is 29.9 Å². The number of aromatic nitrogens is 4. The number of amides is 2. The van der Waals surface area contributed by atoms with E-state index in [4.69, 9.17) is 4.74 Å². The number of carbonyl (C=O) groups is 2. The van der Waals surface area contributed by atoms with Gasteiger partial charge >= 0.3 is 0 Å². The number of anilines is 2. The summed E-state index contributed by atoms with van der Waals surface area (Å²) >= 11 is 0. The number of ether oxygens (including phenoxy) is 1. The number of benzene rings is 2. The molecule has 10 heteroatoms. The van der Waals surface area contributed by atoms with Crippen molar-refractivity contribution in [1.29, 1.82) is 0 Å². The number of hydrogen-bond donors (Lipinski definition) is 1. The van der Waals surface area contributed by atoms with Crippen molar-refractivity contribution in [2.75, 3.05) is 36.5 Å². The Bertz CT molecular complexity index is 1350. The van der Waals surface area contributed by atoms with Gasteiger partial charge in [-0.3, -0.25) is 14.6 Å². The van der Waals surface area contributed by atoms with Gasteiger partial charge < -0.3 is 19.9 Å². The lowest BCUT2D eigenvalue weighted by atomic mass is 10.2. The number of rotatable bonds is 8. The highest BCUT2D eigenvalue weighted by Crippen LogP contribution is 2.20. The Kier molecular flexibility index (Phi) is 7.36. The van der Waals surface area contributed by atoms with Crippen molar-refractivity contribution in [3.63, 3.8) is 0 Å². The third-order valence-corrected chi connectivity index (χ3v) is 6.46. The minimum atomic E-state index is -0.735. The third-order valence-electron chi connectivity index (χ3n) is 6.46. The van der Waals surface area contributed by atoms with Gasteiger partial charge in [-0.1, -0.05) is 23.4 Å². The number of carbonyl (C=O) groups excluding carboxylic acids is 2. The largest absolute Gasteiger partial charge is 0.378 e. The zero-order valence-electron chi connectivity index (χ0n) is 20.7. The van der Waals surface area contributed by atoms with E-state index in [1.165, 1.54) is 0 Å². The lowest BCUT2D eigenvalue weighted by Gasteiger charge is -2.29. The molecule has 1 atom stereocenters. The Morgan fingerprint density at radius 2 is 1.84 bits per heavy atom. The van der Waals surface area contributed by atoms with E-state index in [0.29, 0.717) is 24.4 Å². The van der Waals surface area contributed by atoms with E-state index in [-0.39, 0.29) is 24.9 Å². The molecule has 0 radical (unpaired) electrons. The average Bonchev–Trinajstić information content (AvgIpc) is 3.35. The Labute approximate surface area is 214 Å². The fourth-order valence-electron chi connectivity index (χ4n) is 4.35. The summed E-state index contributed by atoms with van der Waals surface area (Å²) in [7, 11) is 0. The molecule has 1 aliphatic rings. The lowest BCUT2D eigenvalue weighted by Crippen LogP contribution is -2.46. The van der Waals surface area contributed by atoms with E-state index in [9.17, 15) is 9.59 Å². The van der Waals surface area contributed by atoms with Crippen molar-refractivity contribution in [3.05, 3.63) is 78.6 Å². The Hall–Kier alpha value is -4.31. The van der Waals surface area contributed by atoms with E-state index in [1.54, 1.807) is 28.9 Å². The molecule has 0 aliphatic carbocycles. The van der Waals surface area contributed by atoms with Crippen molar-refractivity contribution in [2.45, 2.75) is 26.1 Å². The van der Waals surface area contributed by atoms with Gasteiger partial charge in [0.05, 0.1) is 18.7 Å². The molecule has 2 aromatic carbocycles. The second kappa shape index (κ2) is 11.2. The van der Waals surface area contributed by atoms with Crippen LogP contribution in [-0.2, 0) is 27.4 Å². The molecule has 1 unspecified atom stereocenters. The summed E-state index contributed by atoms with van der Waals surface area (Å²) in [5.74, 6) is -0.523. The number of nitrogens with one attached hydrogen (secondary N) is 1. The zero-order valence-corrected chi connectivity index (χ0v) is 20.7. The Morgan fingerprint density at radius 3 is 2.59 bits per heavy atom. The van der Waals surface area contributed by atoms with Crippen LogP contribution in [0.2, 0.25) is 0 Å². The number of morpholine rings is 1. The average molecular weight is 500 g/mol. The molecular formula is C27H29N7O3. The van der Waals surface area contributed by atoms with Crippen molar-refractivity contribution in [1.82, 2.24) is 24.9 Å². The first-order valence-electron chi connectivity index (χ1n) is 12.3. The van der Waals surface area contributed by atoms with Crippen molar-refractivity contribution in [3.8, 4) is 0 Å². The maximum absolute atomic E-state index is 13.5.